The minimum absolute atomic E-state index is 0.124. The third-order valence-electron chi connectivity index (χ3n) is 3.81. The number of Topliss-reactive ketones (excluding diaryl/α,β-unsaturated/α-hetero) is 1. The summed E-state index contributed by atoms with van der Waals surface area (Å²) < 4.78 is 2.36. The molecule has 19 heavy (non-hydrogen) atoms. The van der Waals surface area contributed by atoms with Crippen LogP contribution in [0.4, 0.5) is 0 Å². The van der Waals surface area contributed by atoms with Crippen molar-refractivity contribution in [1.82, 2.24) is 4.57 Å². The Bertz CT molecular complexity index is 584. The molecule has 0 radical (unpaired) electrons. The molecule has 1 heterocycles. The number of fused-ring (bicyclic) bond motifs is 1. The smallest absolute Gasteiger partial charge is 0.159 e. The Kier molecular flexibility index (Phi) is 3.79. The maximum Gasteiger partial charge on any atom is 0.159 e. The second-order valence-corrected chi connectivity index (χ2v) is 6.03. The largest absolute Gasteiger partial charge is 0.344 e. The van der Waals surface area contributed by atoms with Crippen LogP contribution in [0.3, 0.4) is 0 Å². The molecule has 2 heteroatoms. The lowest BCUT2D eigenvalue weighted by Crippen LogP contribution is -2.20. The zero-order valence-electron chi connectivity index (χ0n) is 12.5. The van der Waals surface area contributed by atoms with Gasteiger partial charge in [-0.2, -0.15) is 0 Å². The van der Waals surface area contributed by atoms with Gasteiger partial charge in [0.1, 0.15) is 0 Å². The molecule has 1 aromatic carbocycles. The van der Waals surface area contributed by atoms with E-state index >= 15 is 0 Å². The lowest BCUT2D eigenvalue weighted by molar-refractivity contribution is 0.101. The van der Waals surface area contributed by atoms with Crippen LogP contribution in [-0.4, -0.2) is 10.4 Å². The van der Waals surface area contributed by atoms with Crippen molar-refractivity contribution in [3.8, 4) is 0 Å². The van der Waals surface area contributed by atoms with Crippen LogP contribution in [0.5, 0.6) is 0 Å². The van der Waals surface area contributed by atoms with Gasteiger partial charge in [0.25, 0.3) is 0 Å². The Morgan fingerprint density at radius 3 is 2.21 bits per heavy atom. The molecule has 102 valence electrons. The molecular formula is C17H23NO. The van der Waals surface area contributed by atoms with Gasteiger partial charge >= 0.3 is 0 Å². The lowest BCUT2D eigenvalue weighted by Gasteiger charge is -2.27. The number of aromatic nitrogens is 1. The number of carbonyl (C=O) groups is 1. The van der Waals surface area contributed by atoms with E-state index in [0.717, 1.165) is 10.9 Å². The average Bonchev–Trinajstić information content (AvgIpc) is 2.71. The Balaban J connectivity index is 2.54. The molecule has 0 aliphatic carbocycles. The Morgan fingerprint density at radius 1 is 1.05 bits per heavy atom. The molecule has 1 aromatic heterocycles. The summed E-state index contributed by atoms with van der Waals surface area (Å²) in [5, 5.41) is 1.15. The molecule has 0 atom stereocenters. The summed E-state index contributed by atoms with van der Waals surface area (Å²) in [5.41, 5.74) is 2.01. The van der Waals surface area contributed by atoms with Gasteiger partial charge in [-0.15, -0.1) is 0 Å². The van der Waals surface area contributed by atoms with Crippen LogP contribution in [0.15, 0.2) is 30.5 Å². The maximum atomic E-state index is 11.4. The van der Waals surface area contributed by atoms with Crippen molar-refractivity contribution in [3.63, 3.8) is 0 Å². The van der Waals surface area contributed by atoms with Gasteiger partial charge in [-0.1, -0.05) is 27.7 Å². The molecule has 2 rings (SSSR count). The van der Waals surface area contributed by atoms with E-state index in [9.17, 15) is 4.79 Å². The first kappa shape index (κ1) is 13.9. The van der Waals surface area contributed by atoms with Gasteiger partial charge < -0.3 is 4.57 Å². The summed E-state index contributed by atoms with van der Waals surface area (Å²) in [4.78, 5) is 11.4. The molecule has 0 unspecified atom stereocenters. The number of hydrogen-bond donors (Lipinski definition) is 0. The van der Waals surface area contributed by atoms with Crippen molar-refractivity contribution >= 4 is 16.7 Å². The SMILES string of the molecule is CC(=O)c1ccc2c(ccn2C(C(C)C)C(C)C)c1. The van der Waals surface area contributed by atoms with E-state index < -0.39 is 0 Å². The standard InChI is InChI=1S/C17H23NO/c1-11(2)17(12(3)4)18-9-8-15-10-14(13(5)19)6-7-16(15)18/h6-12,17H,1-5H3. The predicted octanol–water partition coefficient (Wildman–Crippen LogP) is 4.70. The van der Waals surface area contributed by atoms with E-state index in [4.69, 9.17) is 0 Å². The van der Waals surface area contributed by atoms with Gasteiger partial charge in [0.15, 0.2) is 5.78 Å². The van der Waals surface area contributed by atoms with E-state index in [-0.39, 0.29) is 5.78 Å². The lowest BCUT2D eigenvalue weighted by atomic mass is 9.93. The van der Waals surface area contributed by atoms with Crippen LogP contribution >= 0.6 is 0 Å². The zero-order valence-corrected chi connectivity index (χ0v) is 12.5. The molecule has 0 aliphatic rings. The maximum absolute atomic E-state index is 11.4. The van der Waals surface area contributed by atoms with E-state index in [1.807, 2.05) is 12.1 Å². The number of ketones is 1. The minimum Gasteiger partial charge on any atom is -0.344 e. The van der Waals surface area contributed by atoms with Gasteiger partial charge in [0.2, 0.25) is 0 Å². The molecule has 0 saturated heterocycles. The number of nitrogens with zero attached hydrogens (tertiary/aromatic N) is 1. The highest BCUT2D eigenvalue weighted by atomic mass is 16.1. The second kappa shape index (κ2) is 5.20. The van der Waals surface area contributed by atoms with E-state index in [1.165, 1.54) is 5.52 Å². The molecule has 0 aliphatic heterocycles. The van der Waals surface area contributed by atoms with Gasteiger partial charge in [-0.05, 0) is 43.0 Å². The molecule has 0 spiro atoms. The van der Waals surface area contributed by atoms with Gasteiger partial charge in [-0.3, -0.25) is 4.79 Å². The van der Waals surface area contributed by atoms with Gasteiger partial charge in [-0.25, -0.2) is 0 Å². The summed E-state index contributed by atoms with van der Waals surface area (Å²) >= 11 is 0. The second-order valence-electron chi connectivity index (χ2n) is 6.03. The molecule has 2 nitrogen and oxygen atoms in total. The van der Waals surface area contributed by atoms with E-state index in [1.54, 1.807) is 6.92 Å². The van der Waals surface area contributed by atoms with Crippen molar-refractivity contribution in [2.75, 3.05) is 0 Å². The highest BCUT2D eigenvalue weighted by Gasteiger charge is 2.20. The first-order valence-corrected chi connectivity index (χ1v) is 7.03. The van der Waals surface area contributed by atoms with Crippen LogP contribution < -0.4 is 0 Å². The van der Waals surface area contributed by atoms with Crippen LogP contribution in [0.25, 0.3) is 10.9 Å². The topological polar surface area (TPSA) is 22.0 Å². The molecule has 2 aromatic rings. The normalized spacial score (nSPS) is 12.0. The monoisotopic (exact) mass is 257 g/mol. The first-order valence-electron chi connectivity index (χ1n) is 7.03. The van der Waals surface area contributed by atoms with Crippen LogP contribution in [0, 0.1) is 11.8 Å². The van der Waals surface area contributed by atoms with E-state index in [0.29, 0.717) is 17.9 Å². The molecule has 0 bridgehead atoms. The third-order valence-corrected chi connectivity index (χ3v) is 3.81. The summed E-state index contributed by atoms with van der Waals surface area (Å²) in [5.74, 6) is 1.30. The number of carbonyl (C=O) groups excluding carboxylic acids is 1. The Labute approximate surface area is 115 Å². The predicted molar refractivity (Wildman–Crippen MR) is 80.7 cm³/mol. The Hall–Kier alpha value is -1.57. The fraction of sp³-hybridized carbons (Fsp3) is 0.471. The third kappa shape index (κ3) is 2.58. The Morgan fingerprint density at radius 2 is 1.68 bits per heavy atom. The number of benzene rings is 1. The van der Waals surface area contributed by atoms with Crippen LogP contribution in [0.2, 0.25) is 0 Å². The summed E-state index contributed by atoms with van der Waals surface area (Å²) in [7, 11) is 0. The van der Waals surface area contributed by atoms with Crippen molar-refractivity contribution in [1.29, 1.82) is 0 Å². The molecule has 0 saturated carbocycles. The van der Waals surface area contributed by atoms with E-state index in [2.05, 4.69) is 50.6 Å². The van der Waals surface area contributed by atoms with Crippen LogP contribution in [-0.2, 0) is 0 Å². The number of hydrogen-bond acceptors (Lipinski definition) is 1. The summed E-state index contributed by atoms with van der Waals surface area (Å²) in [6, 6.07) is 8.59. The number of rotatable bonds is 4. The minimum atomic E-state index is 0.124. The zero-order chi connectivity index (χ0) is 14.2. The fourth-order valence-electron chi connectivity index (χ4n) is 3.06. The fourth-order valence-corrected chi connectivity index (χ4v) is 3.06. The highest BCUT2D eigenvalue weighted by molar-refractivity contribution is 5.98. The molecule has 0 fully saturated rings. The van der Waals surface area contributed by atoms with Crippen molar-refractivity contribution in [3.05, 3.63) is 36.0 Å². The van der Waals surface area contributed by atoms with Crippen LogP contribution in [0.1, 0.15) is 51.0 Å². The first-order chi connectivity index (χ1) is 8.91. The summed E-state index contributed by atoms with van der Waals surface area (Å²) in [6.45, 7) is 10.7. The average molecular weight is 257 g/mol. The molecule has 0 N–H and O–H groups in total. The molecular weight excluding hydrogens is 234 g/mol. The van der Waals surface area contributed by atoms with Gasteiger partial charge in [0.05, 0.1) is 0 Å². The highest BCUT2D eigenvalue weighted by Crippen LogP contribution is 2.31. The van der Waals surface area contributed by atoms with Crippen molar-refractivity contribution < 1.29 is 4.79 Å². The van der Waals surface area contributed by atoms with Gasteiger partial charge in [0, 0.05) is 28.7 Å². The van der Waals surface area contributed by atoms with Crippen molar-refractivity contribution in [2.24, 2.45) is 11.8 Å². The molecule has 0 amide bonds. The van der Waals surface area contributed by atoms with Crippen molar-refractivity contribution in [2.45, 2.75) is 40.7 Å². The summed E-state index contributed by atoms with van der Waals surface area (Å²) in [6.07, 6.45) is 2.15. The quantitative estimate of drug-likeness (QED) is 0.728.